The molecule has 1 atom stereocenters. The van der Waals surface area contributed by atoms with Crippen LogP contribution in [0.15, 0.2) is 0 Å². The van der Waals surface area contributed by atoms with E-state index in [1.807, 2.05) is 20.8 Å². The molecule has 1 saturated heterocycles. The largest absolute Gasteiger partial charge is 0.337 e. The van der Waals surface area contributed by atoms with Gasteiger partial charge in [0.05, 0.1) is 0 Å². The van der Waals surface area contributed by atoms with Gasteiger partial charge in [-0.2, -0.15) is 0 Å². The second-order valence-electron chi connectivity index (χ2n) is 3.85. The van der Waals surface area contributed by atoms with Crippen molar-refractivity contribution < 1.29 is 9.59 Å². The smallest absolute Gasteiger partial charge is 0.324 e. The highest BCUT2D eigenvalue weighted by Crippen LogP contribution is 2.11. The Morgan fingerprint density at radius 3 is 2.62 bits per heavy atom. The summed E-state index contributed by atoms with van der Waals surface area (Å²) in [5.41, 5.74) is 0. The molecular weight excluding hydrogens is 168 g/mol. The van der Waals surface area contributed by atoms with Crippen LogP contribution >= 0.6 is 0 Å². The normalized spacial score (nSPS) is 24.6. The SMILES string of the molecule is CC1CNC(=O)N(C(C)C)C(=O)C1. The number of carbonyl (C=O) groups is 2. The summed E-state index contributed by atoms with van der Waals surface area (Å²) in [7, 11) is 0. The molecule has 4 heteroatoms. The number of hydrogen-bond donors (Lipinski definition) is 1. The van der Waals surface area contributed by atoms with Crippen LogP contribution < -0.4 is 5.32 Å². The maximum absolute atomic E-state index is 11.5. The molecule has 0 aromatic heterocycles. The molecule has 0 spiro atoms. The highest BCUT2D eigenvalue weighted by Gasteiger charge is 2.28. The van der Waals surface area contributed by atoms with Crippen molar-refractivity contribution in [2.45, 2.75) is 33.2 Å². The van der Waals surface area contributed by atoms with Crippen molar-refractivity contribution >= 4 is 11.9 Å². The van der Waals surface area contributed by atoms with E-state index in [-0.39, 0.29) is 23.9 Å². The third-order valence-electron chi connectivity index (χ3n) is 2.13. The molecule has 0 aromatic carbocycles. The first-order valence-electron chi connectivity index (χ1n) is 4.62. The van der Waals surface area contributed by atoms with Gasteiger partial charge in [-0.05, 0) is 19.8 Å². The molecule has 0 aliphatic carbocycles. The van der Waals surface area contributed by atoms with Crippen LogP contribution in [-0.4, -0.2) is 29.4 Å². The van der Waals surface area contributed by atoms with Crippen LogP contribution in [0.25, 0.3) is 0 Å². The maximum Gasteiger partial charge on any atom is 0.324 e. The number of hydrogen-bond acceptors (Lipinski definition) is 2. The van der Waals surface area contributed by atoms with Gasteiger partial charge in [-0.25, -0.2) is 4.79 Å². The summed E-state index contributed by atoms with van der Waals surface area (Å²) in [6, 6.07) is -0.317. The lowest BCUT2D eigenvalue weighted by molar-refractivity contribution is -0.129. The molecule has 0 saturated carbocycles. The van der Waals surface area contributed by atoms with E-state index in [9.17, 15) is 9.59 Å². The minimum absolute atomic E-state index is 0.0576. The Labute approximate surface area is 78.3 Å². The number of imide groups is 1. The molecule has 1 rings (SSSR count). The van der Waals surface area contributed by atoms with Crippen LogP contribution in [0.4, 0.5) is 4.79 Å². The molecule has 1 aliphatic rings. The quantitative estimate of drug-likeness (QED) is 0.660. The first-order valence-corrected chi connectivity index (χ1v) is 4.62. The predicted octanol–water partition coefficient (Wildman–Crippen LogP) is 0.973. The number of urea groups is 1. The molecular formula is C9H16N2O2. The van der Waals surface area contributed by atoms with Gasteiger partial charge in [0.15, 0.2) is 0 Å². The molecule has 1 aliphatic heterocycles. The van der Waals surface area contributed by atoms with Gasteiger partial charge in [-0.15, -0.1) is 0 Å². The molecule has 1 heterocycles. The zero-order chi connectivity index (χ0) is 10.0. The van der Waals surface area contributed by atoms with Gasteiger partial charge < -0.3 is 5.32 Å². The molecule has 0 radical (unpaired) electrons. The minimum atomic E-state index is -0.260. The first kappa shape index (κ1) is 10.0. The van der Waals surface area contributed by atoms with Gasteiger partial charge in [0.25, 0.3) is 0 Å². The fourth-order valence-corrected chi connectivity index (χ4v) is 1.45. The average Bonchev–Trinajstić information content (AvgIpc) is 2.10. The maximum atomic E-state index is 11.5. The Balaban J connectivity index is 2.79. The van der Waals surface area contributed by atoms with Crippen molar-refractivity contribution in [2.75, 3.05) is 6.54 Å². The number of nitrogens with zero attached hydrogens (tertiary/aromatic N) is 1. The Morgan fingerprint density at radius 2 is 2.08 bits per heavy atom. The molecule has 3 amide bonds. The summed E-state index contributed by atoms with van der Waals surface area (Å²) in [6.45, 7) is 6.23. The zero-order valence-electron chi connectivity index (χ0n) is 8.33. The van der Waals surface area contributed by atoms with Gasteiger partial charge in [0.2, 0.25) is 5.91 Å². The minimum Gasteiger partial charge on any atom is -0.337 e. The molecule has 0 aromatic rings. The Hall–Kier alpha value is -1.06. The highest BCUT2D eigenvalue weighted by atomic mass is 16.2. The standard InChI is InChI=1S/C9H16N2O2/c1-6(2)11-8(12)4-7(3)5-10-9(11)13/h6-7H,4-5H2,1-3H3,(H,10,13). The van der Waals surface area contributed by atoms with Crippen molar-refractivity contribution in [3.8, 4) is 0 Å². The summed E-state index contributed by atoms with van der Waals surface area (Å²) in [4.78, 5) is 24.2. The Bertz CT molecular complexity index is 226. The third kappa shape index (κ3) is 2.20. The van der Waals surface area contributed by atoms with Crippen LogP contribution in [0.2, 0.25) is 0 Å². The van der Waals surface area contributed by atoms with Gasteiger partial charge in [0, 0.05) is 19.0 Å². The van der Waals surface area contributed by atoms with E-state index in [4.69, 9.17) is 0 Å². The van der Waals surface area contributed by atoms with E-state index in [1.165, 1.54) is 4.90 Å². The van der Waals surface area contributed by atoms with Crippen molar-refractivity contribution in [3.05, 3.63) is 0 Å². The Kier molecular flexibility index (Phi) is 2.90. The van der Waals surface area contributed by atoms with Crippen molar-refractivity contribution in [1.82, 2.24) is 10.2 Å². The number of nitrogens with one attached hydrogen (secondary N) is 1. The lowest BCUT2D eigenvalue weighted by Gasteiger charge is -2.22. The first-order chi connectivity index (χ1) is 6.02. The van der Waals surface area contributed by atoms with E-state index in [0.29, 0.717) is 13.0 Å². The van der Waals surface area contributed by atoms with Gasteiger partial charge >= 0.3 is 6.03 Å². The van der Waals surface area contributed by atoms with Crippen LogP contribution in [-0.2, 0) is 4.79 Å². The number of carbonyl (C=O) groups excluding carboxylic acids is 2. The zero-order valence-corrected chi connectivity index (χ0v) is 8.33. The van der Waals surface area contributed by atoms with E-state index in [2.05, 4.69) is 5.32 Å². The van der Waals surface area contributed by atoms with Crippen LogP contribution in [0.1, 0.15) is 27.2 Å². The van der Waals surface area contributed by atoms with E-state index < -0.39 is 0 Å². The van der Waals surface area contributed by atoms with E-state index in [0.717, 1.165) is 0 Å². The third-order valence-corrected chi connectivity index (χ3v) is 2.13. The van der Waals surface area contributed by atoms with E-state index >= 15 is 0 Å². The van der Waals surface area contributed by atoms with Crippen molar-refractivity contribution in [1.29, 1.82) is 0 Å². The highest BCUT2D eigenvalue weighted by molar-refractivity contribution is 5.95. The molecule has 0 bridgehead atoms. The molecule has 4 nitrogen and oxygen atoms in total. The summed E-state index contributed by atoms with van der Waals surface area (Å²) >= 11 is 0. The summed E-state index contributed by atoms with van der Waals surface area (Å²) in [5.74, 6) is 0.165. The fraction of sp³-hybridized carbons (Fsp3) is 0.778. The monoisotopic (exact) mass is 184 g/mol. The van der Waals surface area contributed by atoms with Crippen molar-refractivity contribution in [2.24, 2.45) is 5.92 Å². The molecule has 74 valence electrons. The lowest BCUT2D eigenvalue weighted by Crippen LogP contribution is -2.45. The second-order valence-corrected chi connectivity index (χ2v) is 3.85. The molecule has 1 N–H and O–H groups in total. The average molecular weight is 184 g/mol. The number of amides is 3. The van der Waals surface area contributed by atoms with Crippen LogP contribution in [0.3, 0.4) is 0 Å². The molecule has 13 heavy (non-hydrogen) atoms. The van der Waals surface area contributed by atoms with E-state index in [1.54, 1.807) is 0 Å². The van der Waals surface area contributed by atoms with Crippen molar-refractivity contribution in [3.63, 3.8) is 0 Å². The summed E-state index contributed by atoms with van der Waals surface area (Å²) in [6.07, 6.45) is 0.455. The second kappa shape index (κ2) is 3.77. The topological polar surface area (TPSA) is 49.4 Å². The fourth-order valence-electron chi connectivity index (χ4n) is 1.45. The Morgan fingerprint density at radius 1 is 1.46 bits per heavy atom. The molecule has 1 fully saturated rings. The van der Waals surface area contributed by atoms with Gasteiger partial charge in [0.1, 0.15) is 0 Å². The summed E-state index contributed by atoms with van der Waals surface area (Å²) in [5, 5.41) is 2.72. The molecule has 1 unspecified atom stereocenters. The number of rotatable bonds is 1. The van der Waals surface area contributed by atoms with Gasteiger partial charge in [-0.3, -0.25) is 9.69 Å². The lowest BCUT2D eigenvalue weighted by atomic mass is 10.1. The predicted molar refractivity (Wildman–Crippen MR) is 49.2 cm³/mol. The van der Waals surface area contributed by atoms with Crippen LogP contribution in [0, 0.1) is 5.92 Å². The van der Waals surface area contributed by atoms with Crippen LogP contribution in [0.5, 0.6) is 0 Å². The summed E-state index contributed by atoms with van der Waals surface area (Å²) < 4.78 is 0. The van der Waals surface area contributed by atoms with Gasteiger partial charge in [-0.1, -0.05) is 6.92 Å².